The summed E-state index contributed by atoms with van der Waals surface area (Å²) >= 11 is 0. The van der Waals surface area contributed by atoms with Crippen molar-refractivity contribution in [2.45, 2.75) is 59.3 Å². The van der Waals surface area contributed by atoms with E-state index >= 15 is 0 Å². The van der Waals surface area contributed by atoms with E-state index in [9.17, 15) is 4.39 Å². The van der Waals surface area contributed by atoms with Gasteiger partial charge >= 0.3 is 0 Å². The number of halogens is 1. The Morgan fingerprint density at radius 2 is 1.59 bits per heavy atom. The van der Waals surface area contributed by atoms with Gasteiger partial charge in [-0.25, -0.2) is 4.39 Å². The summed E-state index contributed by atoms with van der Waals surface area (Å²) < 4.78 is 15.3. The molecule has 0 bridgehead atoms. The molecule has 0 saturated carbocycles. The van der Waals surface area contributed by atoms with Crippen LogP contribution in [-0.2, 0) is 17.9 Å². The van der Waals surface area contributed by atoms with Gasteiger partial charge in [-0.15, -0.1) is 0 Å². The van der Waals surface area contributed by atoms with Gasteiger partial charge in [0.2, 0.25) is 0 Å². The normalized spacial score (nSPS) is 11.9. The van der Waals surface area contributed by atoms with E-state index < -0.39 is 0 Å². The van der Waals surface area contributed by atoms with Crippen molar-refractivity contribution in [3.63, 3.8) is 0 Å². The van der Waals surface area contributed by atoms with Gasteiger partial charge in [0, 0.05) is 13.2 Å². The van der Waals surface area contributed by atoms with Crippen molar-refractivity contribution in [2.24, 2.45) is 7.05 Å². The van der Waals surface area contributed by atoms with E-state index in [0.717, 1.165) is 11.1 Å². The maximum atomic E-state index is 13.5. The Kier molecular flexibility index (Phi) is 5.55. The van der Waals surface area contributed by atoms with Gasteiger partial charge in [-0.2, -0.15) is 5.10 Å². The molecule has 2 rings (SSSR count). The molecule has 0 radical (unpaired) electrons. The van der Waals surface area contributed by atoms with Crippen molar-refractivity contribution in [1.29, 1.82) is 0 Å². The van der Waals surface area contributed by atoms with Crippen LogP contribution in [0, 0.1) is 12.7 Å². The highest BCUT2D eigenvalue weighted by molar-refractivity contribution is 5.29. The molecule has 0 unspecified atom stereocenters. The number of rotatable bonds is 0. The third-order valence-electron chi connectivity index (χ3n) is 3.57. The lowest BCUT2D eigenvalue weighted by atomic mass is 9.86. The summed E-state index contributed by atoms with van der Waals surface area (Å²) in [5, 5.41) is 4.10. The lowest BCUT2D eigenvalue weighted by Crippen LogP contribution is -2.13. The highest BCUT2D eigenvalue weighted by atomic mass is 19.1. The Hall–Kier alpha value is -1.64. The summed E-state index contributed by atoms with van der Waals surface area (Å²) in [6, 6.07) is 5.55. The zero-order valence-corrected chi connectivity index (χ0v) is 15.2. The fourth-order valence-electron chi connectivity index (χ4n) is 2.04. The molecule has 0 aliphatic carbocycles. The summed E-state index contributed by atoms with van der Waals surface area (Å²) in [6.07, 6.45) is 3.97. The van der Waals surface area contributed by atoms with Crippen molar-refractivity contribution < 1.29 is 4.39 Å². The first-order chi connectivity index (χ1) is 9.93. The predicted molar refractivity (Wildman–Crippen MR) is 91.7 cm³/mol. The Labute approximate surface area is 134 Å². The largest absolute Gasteiger partial charge is 0.276 e. The predicted octanol–water partition coefficient (Wildman–Crippen LogP) is 5.15. The van der Waals surface area contributed by atoms with Gasteiger partial charge in [0.15, 0.2) is 0 Å². The summed E-state index contributed by atoms with van der Waals surface area (Å²) in [4.78, 5) is 0. The van der Waals surface area contributed by atoms with Gasteiger partial charge in [-0.05, 0) is 34.4 Å². The molecular formula is C19H29FN2. The maximum Gasteiger partial charge on any atom is 0.129 e. The van der Waals surface area contributed by atoms with Gasteiger partial charge in [-0.3, -0.25) is 4.68 Å². The third kappa shape index (κ3) is 4.97. The monoisotopic (exact) mass is 304 g/mol. The summed E-state index contributed by atoms with van der Waals surface area (Å²) in [5.41, 5.74) is 2.93. The molecule has 0 N–H and O–H groups in total. The standard InChI is InChI=1S/C11H15F.C8H14N2/c1-8-6-5-7-9(10(8)12)11(2,3)4;1-8(2,3)7-5-9-10(4)6-7/h5-7H,1-4H3;5-6H,1-4H3. The number of benzene rings is 1. The van der Waals surface area contributed by atoms with Gasteiger partial charge in [0.25, 0.3) is 0 Å². The molecule has 0 saturated heterocycles. The van der Waals surface area contributed by atoms with Crippen LogP contribution in [0.3, 0.4) is 0 Å². The molecule has 1 aromatic heterocycles. The SMILES string of the molecule is Cc1cccc(C(C)(C)C)c1F.Cn1cc(C(C)(C)C)cn1. The highest BCUT2D eigenvalue weighted by Gasteiger charge is 2.18. The molecule has 1 heterocycles. The highest BCUT2D eigenvalue weighted by Crippen LogP contribution is 2.26. The molecular weight excluding hydrogens is 275 g/mol. The van der Waals surface area contributed by atoms with Crippen molar-refractivity contribution in [3.05, 3.63) is 53.1 Å². The van der Waals surface area contributed by atoms with E-state index in [0.29, 0.717) is 0 Å². The number of aryl methyl sites for hydroxylation is 2. The molecule has 3 heteroatoms. The van der Waals surface area contributed by atoms with Crippen molar-refractivity contribution in [3.8, 4) is 0 Å². The first-order valence-electron chi connectivity index (χ1n) is 7.67. The molecule has 1 aromatic carbocycles. The first-order valence-corrected chi connectivity index (χ1v) is 7.67. The minimum absolute atomic E-state index is 0.0648. The van der Waals surface area contributed by atoms with E-state index in [4.69, 9.17) is 0 Å². The molecule has 2 aromatic rings. The number of hydrogen-bond acceptors (Lipinski definition) is 1. The number of hydrogen-bond donors (Lipinski definition) is 0. The molecule has 0 aliphatic rings. The number of nitrogens with zero attached hydrogens (tertiary/aromatic N) is 2. The van der Waals surface area contributed by atoms with E-state index in [-0.39, 0.29) is 16.6 Å². The molecule has 0 fully saturated rings. The Balaban J connectivity index is 0.000000224. The average Bonchev–Trinajstić information content (AvgIpc) is 2.79. The second kappa shape index (κ2) is 6.64. The van der Waals surface area contributed by atoms with Crippen LogP contribution in [0.5, 0.6) is 0 Å². The van der Waals surface area contributed by atoms with Crippen LogP contribution in [0.25, 0.3) is 0 Å². The first kappa shape index (κ1) is 18.4. The fraction of sp³-hybridized carbons (Fsp3) is 0.526. The second-order valence-electron chi connectivity index (χ2n) is 7.84. The maximum absolute atomic E-state index is 13.5. The molecule has 2 nitrogen and oxygen atoms in total. The molecule has 122 valence electrons. The molecule has 0 atom stereocenters. The fourth-order valence-corrected chi connectivity index (χ4v) is 2.04. The van der Waals surface area contributed by atoms with Crippen LogP contribution >= 0.6 is 0 Å². The smallest absolute Gasteiger partial charge is 0.129 e. The van der Waals surface area contributed by atoms with Gasteiger partial charge in [0.05, 0.1) is 6.20 Å². The van der Waals surface area contributed by atoms with Crippen LogP contribution < -0.4 is 0 Å². The zero-order valence-electron chi connectivity index (χ0n) is 15.2. The minimum Gasteiger partial charge on any atom is -0.276 e. The summed E-state index contributed by atoms with van der Waals surface area (Å²) in [7, 11) is 1.94. The lowest BCUT2D eigenvalue weighted by molar-refractivity contribution is 0.518. The minimum atomic E-state index is -0.101. The van der Waals surface area contributed by atoms with Crippen molar-refractivity contribution >= 4 is 0 Å². The summed E-state index contributed by atoms with van der Waals surface area (Å²) in [5.74, 6) is -0.0648. The van der Waals surface area contributed by atoms with E-state index in [1.807, 2.05) is 50.8 Å². The van der Waals surface area contributed by atoms with Crippen molar-refractivity contribution in [2.75, 3.05) is 0 Å². The lowest BCUT2D eigenvalue weighted by Gasteiger charge is -2.20. The van der Waals surface area contributed by atoms with Crippen LogP contribution in [0.1, 0.15) is 58.2 Å². The topological polar surface area (TPSA) is 17.8 Å². The average molecular weight is 304 g/mol. The van der Waals surface area contributed by atoms with Gasteiger partial charge in [0.1, 0.15) is 5.82 Å². The molecule has 0 spiro atoms. The molecule has 0 aliphatic heterocycles. The quantitative estimate of drug-likeness (QED) is 0.658. The van der Waals surface area contributed by atoms with E-state index in [2.05, 4.69) is 32.1 Å². The second-order valence-corrected chi connectivity index (χ2v) is 7.84. The van der Waals surface area contributed by atoms with Gasteiger partial charge in [-0.1, -0.05) is 59.7 Å². The zero-order chi connectivity index (χ0) is 17.1. The molecule has 22 heavy (non-hydrogen) atoms. The van der Waals surface area contributed by atoms with Crippen LogP contribution in [0.4, 0.5) is 4.39 Å². The van der Waals surface area contributed by atoms with E-state index in [1.165, 1.54) is 5.56 Å². The van der Waals surface area contributed by atoms with E-state index in [1.54, 1.807) is 13.0 Å². The Morgan fingerprint density at radius 3 is 1.91 bits per heavy atom. The van der Waals surface area contributed by atoms with Crippen LogP contribution in [0.15, 0.2) is 30.6 Å². The van der Waals surface area contributed by atoms with Crippen LogP contribution in [-0.4, -0.2) is 9.78 Å². The number of aromatic nitrogens is 2. The Bertz CT molecular complexity index is 613. The van der Waals surface area contributed by atoms with Gasteiger partial charge < -0.3 is 0 Å². The van der Waals surface area contributed by atoms with Crippen LogP contribution in [0.2, 0.25) is 0 Å². The third-order valence-corrected chi connectivity index (χ3v) is 3.57. The van der Waals surface area contributed by atoms with Crippen molar-refractivity contribution in [1.82, 2.24) is 9.78 Å². The summed E-state index contributed by atoms with van der Waals surface area (Å²) in [6.45, 7) is 14.4. The Morgan fingerprint density at radius 1 is 1.00 bits per heavy atom. The molecule has 0 amide bonds.